The van der Waals surface area contributed by atoms with Crippen molar-refractivity contribution in [2.45, 2.75) is 37.9 Å². The van der Waals surface area contributed by atoms with Gasteiger partial charge in [0.25, 0.3) is 0 Å². The average Bonchev–Trinajstić information content (AvgIpc) is 2.58. The highest BCUT2D eigenvalue weighted by molar-refractivity contribution is 5.66. The van der Waals surface area contributed by atoms with Crippen molar-refractivity contribution in [3.05, 3.63) is 60.2 Å². The van der Waals surface area contributed by atoms with Crippen molar-refractivity contribution >= 4 is 5.97 Å². The first-order chi connectivity index (χ1) is 12.1. The van der Waals surface area contributed by atoms with Gasteiger partial charge in [-0.15, -0.1) is 0 Å². The van der Waals surface area contributed by atoms with Crippen molar-refractivity contribution in [1.82, 2.24) is 0 Å². The lowest BCUT2D eigenvalue weighted by Gasteiger charge is -1.99. The summed E-state index contributed by atoms with van der Waals surface area (Å²) in [6.07, 6.45) is 6.11. The second-order valence-electron chi connectivity index (χ2n) is 5.27. The monoisotopic (exact) mass is 338 g/mol. The van der Waals surface area contributed by atoms with Crippen molar-refractivity contribution in [3.63, 3.8) is 0 Å². The van der Waals surface area contributed by atoms with Crippen molar-refractivity contribution < 1.29 is 20.1 Å². The molecule has 25 heavy (non-hydrogen) atoms. The molecule has 1 aromatic rings. The minimum absolute atomic E-state index is 0.0301. The number of carbonyl (C=O) groups is 1. The third kappa shape index (κ3) is 11.4. The summed E-state index contributed by atoms with van der Waals surface area (Å²) in [6, 6.07) is 9.57. The van der Waals surface area contributed by atoms with Gasteiger partial charge in [-0.3, -0.25) is 4.79 Å². The van der Waals surface area contributed by atoms with Crippen LogP contribution in [0.2, 0.25) is 0 Å². The SMILES string of the molecule is O=C(O)CCC[C@H](O)C#C/C=C/C=C/[C@H](O)CC#Cc1ccccc1. The fraction of sp³-hybridized carbons (Fsp3) is 0.286. The van der Waals surface area contributed by atoms with Gasteiger partial charge in [0.15, 0.2) is 0 Å². The Hall–Kier alpha value is -2.79. The Morgan fingerprint density at radius 2 is 1.92 bits per heavy atom. The number of carboxylic acid groups (broad SMARTS) is 1. The van der Waals surface area contributed by atoms with Crippen molar-refractivity contribution in [3.8, 4) is 23.7 Å². The molecule has 0 radical (unpaired) electrons. The zero-order valence-corrected chi connectivity index (χ0v) is 13.9. The summed E-state index contributed by atoms with van der Waals surface area (Å²) in [6.45, 7) is 0. The largest absolute Gasteiger partial charge is 0.481 e. The molecule has 0 bridgehead atoms. The predicted molar refractivity (Wildman–Crippen MR) is 97.5 cm³/mol. The number of rotatable bonds is 7. The molecule has 0 saturated heterocycles. The van der Waals surface area contributed by atoms with Crippen molar-refractivity contribution in [2.75, 3.05) is 0 Å². The number of aliphatic carboxylic acids is 1. The van der Waals surface area contributed by atoms with E-state index >= 15 is 0 Å². The maximum absolute atomic E-state index is 10.3. The molecule has 0 spiro atoms. The first kappa shape index (κ1) is 20.3. The summed E-state index contributed by atoms with van der Waals surface area (Å²) in [5.74, 6) is 10.3. The Balaban J connectivity index is 2.28. The minimum Gasteiger partial charge on any atom is -0.481 e. The van der Waals surface area contributed by atoms with Gasteiger partial charge in [0.05, 0.1) is 6.10 Å². The van der Waals surface area contributed by atoms with Crippen LogP contribution in [0.1, 0.15) is 31.2 Å². The molecular formula is C21H22O4. The maximum atomic E-state index is 10.3. The number of hydrogen-bond acceptors (Lipinski definition) is 3. The van der Waals surface area contributed by atoms with E-state index in [0.29, 0.717) is 19.3 Å². The van der Waals surface area contributed by atoms with Crippen LogP contribution in [0.25, 0.3) is 0 Å². The van der Waals surface area contributed by atoms with Gasteiger partial charge < -0.3 is 15.3 Å². The second kappa shape index (κ2) is 12.6. The van der Waals surface area contributed by atoms with E-state index in [4.69, 9.17) is 5.11 Å². The lowest BCUT2D eigenvalue weighted by atomic mass is 10.1. The summed E-state index contributed by atoms with van der Waals surface area (Å²) in [4.78, 5) is 10.3. The maximum Gasteiger partial charge on any atom is 0.303 e. The Bertz CT molecular complexity index is 696. The third-order valence-corrected chi connectivity index (χ3v) is 3.06. The summed E-state index contributed by atoms with van der Waals surface area (Å²) >= 11 is 0. The smallest absolute Gasteiger partial charge is 0.303 e. The Morgan fingerprint density at radius 1 is 1.16 bits per heavy atom. The molecule has 4 heteroatoms. The second-order valence-corrected chi connectivity index (χ2v) is 5.27. The normalized spacial score (nSPS) is 12.9. The van der Waals surface area contributed by atoms with Crippen LogP contribution in [-0.4, -0.2) is 33.5 Å². The Kier molecular flexibility index (Phi) is 10.2. The standard InChI is InChI=1S/C21H22O4/c22-19(15-8-12-18-10-4-3-5-11-18)13-6-1-2-7-14-20(23)16-9-17-21(24)25/h1-6,10-11,13,19-20,22-23H,9,15-17H2,(H,24,25)/b2-1+,13-6+/t19-,20+/m0/s1. The summed E-state index contributed by atoms with van der Waals surface area (Å²) in [5, 5.41) is 27.8. The average molecular weight is 338 g/mol. The van der Waals surface area contributed by atoms with Gasteiger partial charge in [0.1, 0.15) is 6.10 Å². The highest BCUT2D eigenvalue weighted by atomic mass is 16.4. The molecule has 0 heterocycles. The minimum atomic E-state index is -0.878. The Labute approximate surface area is 148 Å². The number of allylic oxidation sites excluding steroid dienone is 3. The number of carboxylic acids is 1. The summed E-state index contributed by atoms with van der Waals surface area (Å²) in [5.41, 5.74) is 0.913. The van der Waals surface area contributed by atoms with Gasteiger partial charge in [-0.05, 0) is 31.1 Å². The van der Waals surface area contributed by atoms with Crippen LogP contribution in [0.3, 0.4) is 0 Å². The fourth-order valence-electron chi connectivity index (χ4n) is 1.81. The van der Waals surface area contributed by atoms with Crippen LogP contribution in [0.4, 0.5) is 0 Å². The summed E-state index contributed by atoms with van der Waals surface area (Å²) < 4.78 is 0. The predicted octanol–water partition coefficient (Wildman–Crippen LogP) is 2.52. The number of aliphatic hydroxyl groups is 2. The van der Waals surface area contributed by atoms with Crippen LogP contribution in [0.5, 0.6) is 0 Å². The van der Waals surface area contributed by atoms with Crippen LogP contribution >= 0.6 is 0 Å². The fourth-order valence-corrected chi connectivity index (χ4v) is 1.81. The molecule has 0 fully saturated rings. The van der Waals surface area contributed by atoms with E-state index in [1.54, 1.807) is 24.3 Å². The zero-order chi connectivity index (χ0) is 18.3. The number of aliphatic hydroxyl groups excluding tert-OH is 2. The van der Waals surface area contributed by atoms with Gasteiger partial charge in [0.2, 0.25) is 0 Å². The van der Waals surface area contributed by atoms with E-state index < -0.39 is 18.2 Å². The molecule has 0 saturated carbocycles. The third-order valence-electron chi connectivity index (χ3n) is 3.06. The van der Waals surface area contributed by atoms with Crippen molar-refractivity contribution in [1.29, 1.82) is 0 Å². The van der Waals surface area contributed by atoms with Gasteiger partial charge in [-0.2, -0.15) is 0 Å². The highest BCUT2D eigenvalue weighted by Crippen LogP contribution is 2.00. The van der Waals surface area contributed by atoms with Crippen LogP contribution in [0, 0.1) is 23.7 Å². The molecule has 1 aromatic carbocycles. The number of hydrogen-bond donors (Lipinski definition) is 3. The molecule has 3 N–H and O–H groups in total. The molecule has 130 valence electrons. The molecule has 0 aliphatic rings. The highest BCUT2D eigenvalue weighted by Gasteiger charge is 2.01. The first-order valence-electron chi connectivity index (χ1n) is 8.04. The van der Waals surface area contributed by atoms with E-state index in [-0.39, 0.29) is 6.42 Å². The molecule has 1 rings (SSSR count). The summed E-state index contributed by atoms with van der Waals surface area (Å²) in [7, 11) is 0. The topological polar surface area (TPSA) is 77.8 Å². The number of benzene rings is 1. The quantitative estimate of drug-likeness (QED) is 0.527. The molecule has 0 aliphatic heterocycles. The molecule has 0 unspecified atom stereocenters. The van der Waals surface area contributed by atoms with Crippen LogP contribution in [0.15, 0.2) is 54.6 Å². The lowest BCUT2D eigenvalue weighted by Crippen LogP contribution is -2.04. The van der Waals surface area contributed by atoms with E-state index in [1.165, 1.54) is 0 Å². The molecule has 2 atom stereocenters. The first-order valence-corrected chi connectivity index (χ1v) is 8.04. The van der Waals surface area contributed by atoms with Gasteiger partial charge in [-0.1, -0.05) is 60.1 Å². The molecule has 4 nitrogen and oxygen atoms in total. The molecular weight excluding hydrogens is 316 g/mol. The van der Waals surface area contributed by atoms with Gasteiger partial charge >= 0.3 is 5.97 Å². The van der Waals surface area contributed by atoms with E-state index in [0.717, 1.165) is 5.56 Å². The van der Waals surface area contributed by atoms with E-state index in [1.807, 2.05) is 30.3 Å². The van der Waals surface area contributed by atoms with Gasteiger partial charge in [0, 0.05) is 18.4 Å². The van der Waals surface area contributed by atoms with Crippen LogP contribution in [-0.2, 0) is 4.79 Å². The molecule has 0 amide bonds. The van der Waals surface area contributed by atoms with E-state index in [9.17, 15) is 15.0 Å². The zero-order valence-electron chi connectivity index (χ0n) is 13.9. The molecule has 0 aliphatic carbocycles. The lowest BCUT2D eigenvalue weighted by molar-refractivity contribution is -0.137. The molecule has 0 aromatic heterocycles. The van der Waals surface area contributed by atoms with E-state index in [2.05, 4.69) is 23.7 Å². The van der Waals surface area contributed by atoms with Crippen LogP contribution < -0.4 is 0 Å². The van der Waals surface area contributed by atoms with Crippen molar-refractivity contribution in [2.24, 2.45) is 0 Å². The Morgan fingerprint density at radius 3 is 2.64 bits per heavy atom. The van der Waals surface area contributed by atoms with Gasteiger partial charge in [-0.25, -0.2) is 0 Å².